The van der Waals surface area contributed by atoms with Crippen molar-refractivity contribution in [2.75, 3.05) is 24.5 Å². The second-order valence-corrected chi connectivity index (χ2v) is 13.0. The molecule has 2 aliphatic rings. The first-order chi connectivity index (χ1) is 20.9. The number of piperidine rings is 1. The number of fused-ring (bicyclic) bond motifs is 2. The van der Waals surface area contributed by atoms with Crippen molar-refractivity contribution in [1.82, 2.24) is 19.8 Å². The van der Waals surface area contributed by atoms with Crippen LogP contribution < -0.4 is 10.2 Å². The number of benzene rings is 2. The number of pyridine rings is 1. The van der Waals surface area contributed by atoms with Gasteiger partial charge in [0.25, 0.3) is 11.8 Å². The van der Waals surface area contributed by atoms with Gasteiger partial charge in [-0.3, -0.25) is 14.5 Å². The Morgan fingerprint density at radius 1 is 0.977 bits per heavy atom. The lowest BCUT2D eigenvalue weighted by Crippen LogP contribution is -2.46. The Bertz CT molecular complexity index is 1770. The number of aromatic nitrogens is 2. The Balaban J connectivity index is 1.07. The number of rotatable bonds is 4. The molecule has 0 spiro atoms. The Labute approximate surface area is 261 Å². The molecule has 4 aromatic rings. The summed E-state index contributed by atoms with van der Waals surface area (Å²) in [5, 5.41) is 4.53. The molecule has 2 aliphatic heterocycles. The zero-order valence-electron chi connectivity index (χ0n) is 25.4. The molecule has 6 rings (SSSR count). The molecule has 0 radical (unpaired) electrons. The highest BCUT2D eigenvalue weighted by Gasteiger charge is 2.30. The fourth-order valence-corrected chi connectivity index (χ4v) is 6.11. The van der Waals surface area contributed by atoms with Gasteiger partial charge < -0.3 is 19.5 Å². The smallest absolute Gasteiger partial charge is 0.414 e. The lowest BCUT2D eigenvalue weighted by Gasteiger charge is -2.32. The first kappa shape index (κ1) is 29.7. The van der Waals surface area contributed by atoms with Crippen molar-refractivity contribution in [2.45, 2.75) is 51.7 Å². The van der Waals surface area contributed by atoms with E-state index >= 15 is 0 Å². The van der Waals surface area contributed by atoms with Gasteiger partial charge in [-0.25, -0.2) is 9.78 Å². The fourth-order valence-electron chi connectivity index (χ4n) is 5.85. The van der Waals surface area contributed by atoms with Gasteiger partial charge in [-0.15, -0.1) is 0 Å². The van der Waals surface area contributed by atoms with E-state index in [4.69, 9.17) is 21.3 Å². The van der Waals surface area contributed by atoms with E-state index in [9.17, 15) is 14.4 Å². The molecule has 44 heavy (non-hydrogen) atoms. The minimum absolute atomic E-state index is 0.0384. The molecule has 1 N–H and O–H groups in total. The van der Waals surface area contributed by atoms with Gasteiger partial charge in [0.15, 0.2) is 0 Å². The van der Waals surface area contributed by atoms with E-state index in [0.29, 0.717) is 60.6 Å². The van der Waals surface area contributed by atoms with Crippen molar-refractivity contribution < 1.29 is 19.1 Å². The molecule has 0 atom stereocenters. The molecule has 0 bridgehead atoms. The van der Waals surface area contributed by atoms with E-state index < -0.39 is 5.60 Å². The maximum Gasteiger partial charge on any atom is 0.414 e. The molecule has 9 nitrogen and oxygen atoms in total. The molecular formula is C34H36ClN5O4. The highest BCUT2D eigenvalue weighted by atomic mass is 35.5. The molecule has 0 unspecified atom stereocenters. The van der Waals surface area contributed by atoms with Crippen molar-refractivity contribution in [1.29, 1.82) is 0 Å². The first-order valence-corrected chi connectivity index (χ1v) is 15.3. The highest BCUT2D eigenvalue weighted by Crippen LogP contribution is 2.31. The second-order valence-electron chi connectivity index (χ2n) is 12.6. The number of nitrogens with zero attached hydrogens (tertiary/aromatic N) is 4. The number of likely N-dealkylation sites (tertiary alicyclic amines) is 1. The summed E-state index contributed by atoms with van der Waals surface area (Å²) in [5.41, 5.74) is 4.67. The number of carbonyl (C=O) groups excluding carboxylic acids is 3. The minimum Gasteiger partial charge on any atom is -0.443 e. The van der Waals surface area contributed by atoms with E-state index in [0.717, 1.165) is 27.9 Å². The summed E-state index contributed by atoms with van der Waals surface area (Å²) in [4.78, 5) is 47.4. The van der Waals surface area contributed by atoms with Gasteiger partial charge in [0, 0.05) is 67.2 Å². The van der Waals surface area contributed by atoms with Crippen LogP contribution in [-0.2, 0) is 18.2 Å². The quantitative estimate of drug-likeness (QED) is 0.294. The molecule has 228 valence electrons. The van der Waals surface area contributed by atoms with E-state index in [2.05, 4.69) is 5.32 Å². The van der Waals surface area contributed by atoms with Gasteiger partial charge in [0.2, 0.25) is 0 Å². The number of carbonyl (C=O) groups is 3. The standard InChI is InChI=1S/C34H36ClN5O4/c1-34(2,3)44-33(43)40-16-10-21-17-22(6-8-30(21)40)31(41)36-25-11-14-39(15-12-25)32(42)23-5-7-26-27(35)19-28(37-29(26)18-23)24-9-13-38(4)20-24/h5-9,13,17-20,25H,10-12,14-16H2,1-4H3,(H,36,41). The SMILES string of the molecule is Cn1ccc(-c2cc(Cl)c3ccc(C(=O)N4CCC(NC(=O)c5ccc6c(c5)CCN6C(=O)OC(C)(C)C)CC4)cc3n2)c1. The minimum atomic E-state index is -0.576. The van der Waals surface area contributed by atoms with E-state index in [1.165, 1.54) is 0 Å². The summed E-state index contributed by atoms with van der Waals surface area (Å²) in [6.45, 7) is 7.12. The Morgan fingerprint density at radius 3 is 2.43 bits per heavy atom. The third kappa shape index (κ3) is 6.15. The monoisotopic (exact) mass is 613 g/mol. The largest absolute Gasteiger partial charge is 0.443 e. The van der Waals surface area contributed by atoms with Crippen LogP contribution >= 0.6 is 11.6 Å². The van der Waals surface area contributed by atoms with Crippen LogP contribution in [0.25, 0.3) is 22.2 Å². The lowest BCUT2D eigenvalue weighted by atomic mass is 10.0. The van der Waals surface area contributed by atoms with Crippen LogP contribution in [0, 0.1) is 0 Å². The van der Waals surface area contributed by atoms with Crippen molar-refractivity contribution in [3.05, 3.63) is 82.6 Å². The third-order valence-corrected chi connectivity index (χ3v) is 8.42. The molecule has 1 saturated heterocycles. The number of aryl methyl sites for hydroxylation is 1. The lowest BCUT2D eigenvalue weighted by molar-refractivity contribution is 0.0583. The number of halogens is 1. The van der Waals surface area contributed by atoms with Crippen LogP contribution in [0.15, 0.2) is 60.9 Å². The summed E-state index contributed by atoms with van der Waals surface area (Å²) in [6, 6.07) is 14.7. The van der Waals surface area contributed by atoms with Crippen molar-refractivity contribution in [3.8, 4) is 11.3 Å². The number of amides is 3. The van der Waals surface area contributed by atoms with Crippen LogP contribution in [0.1, 0.15) is 59.9 Å². The highest BCUT2D eigenvalue weighted by molar-refractivity contribution is 6.35. The summed E-state index contributed by atoms with van der Waals surface area (Å²) in [6.07, 6.45) is 5.53. The normalized spacial score (nSPS) is 15.4. The summed E-state index contributed by atoms with van der Waals surface area (Å²) < 4.78 is 7.48. The van der Waals surface area contributed by atoms with Crippen LogP contribution in [0.4, 0.5) is 10.5 Å². The zero-order valence-corrected chi connectivity index (χ0v) is 26.1. The van der Waals surface area contributed by atoms with Crippen LogP contribution in [0.5, 0.6) is 0 Å². The summed E-state index contributed by atoms with van der Waals surface area (Å²) in [5.74, 6) is -0.215. The number of hydrogen-bond donors (Lipinski definition) is 1. The van der Waals surface area contributed by atoms with Gasteiger partial charge in [-0.05, 0) is 88.1 Å². The molecule has 0 saturated carbocycles. The van der Waals surface area contributed by atoms with Gasteiger partial charge >= 0.3 is 6.09 Å². The zero-order chi connectivity index (χ0) is 31.2. The topological polar surface area (TPSA) is 96.8 Å². The average molecular weight is 614 g/mol. The second kappa shape index (κ2) is 11.6. The maximum atomic E-state index is 13.4. The average Bonchev–Trinajstić information content (AvgIpc) is 3.62. The number of anilines is 1. The van der Waals surface area contributed by atoms with Crippen LogP contribution in [0.3, 0.4) is 0 Å². The Kier molecular flexibility index (Phi) is 7.84. The van der Waals surface area contributed by atoms with E-state index in [-0.39, 0.29) is 23.9 Å². The fraction of sp³-hybridized carbons (Fsp3) is 0.353. The molecule has 2 aromatic carbocycles. The van der Waals surface area contributed by atoms with Crippen molar-refractivity contribution >= 4 is 46.1 Å². The molecule has 1 fully saturated rings. The van der Waals surface area contributed by atoms with Crippen molar-refractivity contribution in [3.63, 3.8) is 0 Å². The van der Waals surface area contributed by atoms with Crippen molar-refractivity contribution in [2.24, 2.45) is 7.05 Å². The van der Waals surface area contributed by atoms with Gasteiger partial charge in [-0.1, -0.05) is 17.7 Å². The van der Waals surface area contributed by atoms with Crippen LogP contribution in [0.2, 0.25) is 5.02 Å². The van der Waals surface area contributed by atoms with Gasteiger partial charge in [0.1, 0.15) is 5.60 Å². The molecule has 2 aromatic heterocycles. The predicted octanol–water partition coefficient (Wildman–Crippen LogP) is 6.23. The number of ether oxygens (including phenoxy) is 1. The molecule has 10 heteroatoms. The predicted molar refractivity (Wildman–Crippen MR) is 171 cm³/mol. The number of hydrogen-bond acceptors (Lipinski definition) is 5. The first-order valence-electron chi connectivity index (χ1n) is 14.9. The van der Waals surface area contributed by atoms with E-state index in [1.54, 1.807) is 17.0 Å². The third-order valence-electron chi connectivity index (χ3n) is 8.10. The Hall–Kier alpha value is -4.37. The molecule has 0 aliphatic carbocycles. The summed E-state index contributed by atoms with van der Waals surface area (Å²) in [7, 11) is 1.95. The van der Waals surface area contributed by atoms with E-state index in [1.807, 2.05) is 86.1 Å². The molecule has 3 amide bonds. The summed E-state index contributed by atoms with van der Waals surface area (Å²) >= 11 is 6.57. The Morgan fingerprint density at radius 2 is 1.73 bits per heavy atom. The van der Waals surface area contributed by atoms with Gasteiger partial charge in [-0.2, -0.15) is 0 Å². The molecule has 4 heterocycles. The van der Waals surface area contributed by atoms with Crippen LogP contribution in [-0.4, -0.2) is 63.6 Å². The maximum absolute atomic E-state index is 13.4. The van der Waals surface area contributed by atoms with Gasteiger partial charge in [0.05, 0.1) is 21.9 Å². The molecular weight excluding hydrogens is 578 g/mol. The number of nitrogens with one attached hydrogen (secondary N) is 1.